The van der Waals surface area contributed by atoms with Gasteiger partial charge < -0.3 is 14.5 Å². The van der Waals surface area contributed by atoms with Crippen LogP contribution in [0.5, 0.6) is 0 Å². The predicted octanol–water partition coefficient (Wildman–Crippen LogP) is 3.41. The number of benzene rings is 2. The van der Waals surface area contributed by atoms with E-state index in [4.69, 9.17) is 4.74 Å². The minimum absolute atomic E-state index is 0.0366. The van der Waals surface area contributed by atoms with Crippen LogP contribution in [0.3, 0.4) is 0 Å². The maximum atomic E-state index is 13.1. The van der Waals surface area contributed by atoms with E-state index in [0.29, 0.717) is 45.6 Å². The van der Waals surface area contributed by atoms with Crippen molar-refractivity contribution in [2.75, 3.05) is 39.9 Å². The zero-order valence-electron chi connectivity index (χ0n) is 17.6. The molecule has 2 amide bonds. The molecule has 1 saturated heterocycles. The lowest BCUT2D eigenvalue weighted by atomic mass is 9.95. The standard InChI is InChI=1S/C25H30N2O3/c1-3-14-26-15-16-27(24(28)13-17-30-2)19-23(25(26)29)18-20-9-11-22(12-10-20)21-7-5-4-6-8-21/h3-12,23H,1,13-19H2,2H3/t23-/m1/s1. The fourth-order valence-electron chi connectivity index (χ4n) is 3.86. The highest BCUT2D eigenvalue weighted by molar-refractivity contribution is 5.82. The highest BCUT2D eigenvalue weighted by atomic mass is 16.5. The summed E-state index contributed by atoms with van der Waals surface area (Å²) < 4.78 is 5.05. The van der Waals surface area contributed by atoms with E-state index in [0.717, 1.165) is 11.1 Å². The number of carbonyl (C=O) groups excluding carboxylic acids is 2. The van der Waals surface area contributed by atoms with Crippen molar-refractivity contribution in [1.82, 2.24) is 9.80 Å². The summed E-state index contributed by atoms with van der Waals surface area (Å²) in [5.74, 6) is -0.139. The van der Waals surface area contributed by atoms with Crippen LogP contribution in [0, 0.1) is 5.92 Å². The van der Waals surface area contributed by atoms with Crippen molar-refractivity contribution < 1.29 is 14.3 Å². The Labute approximate surface area is 178 Å². The molecule has 1 aliphatic heterocycles. The molecule has 0 aromatic heterocycles. The maximum Gasteiger partial charge on any atom is 0.228 e. The number of amides is 2. The molecule has 0 aliphatic carbocycles. The number of rotatable bonds is 8. The van der Waals surface area contributed by atoms with Crippen LogP contribution in [0.15, 0.2) is 67.3 Å². The molecule has 0 unspecified atom stereocenters. The molecule has 0 bridgehead atoms. The number of carbonyl (C=O) groups is 2. The van der Waals surface area contributed by atoms with Crippen LogP contribution < -0.4 is 0 Å². The van der Waals surface area contributed by atoms with E-state index in [1.165, 1.54) is 5.56 Å². The lowest BCUT2D eigenvalue weighted by Crippen LogP contribution is -2.38. The average Bonchev–Trinajstić information content (AvgIpc) is 2.93. The van der Waals surface area contributed by atoms with Gasteiger partial charge in [-0.05, 0) is 23.1 Å². The summed E-state index contributed by atoms with van der Waals surface area (Å²) in [6.45, 7) is 6.19. The van der Waals surface area contributed by atoms with Crippen LogP contribution in [0.4, 0.5) is 0 Å². The van der Waals surface area contributed by atoms with Crippen molar-refractivity contribution >= 4 is 11.8 Å². The summed E-state index contributed by atoms with van der Waals surface area (Å²) in [6, 6.07) is 18.6. The summed E-state index contributed by atoms with van der Waals surface area (Å²) in [7, 11) is 1.59. The van der Waals surface area contributed by atoms with Gasteiger partial charge in [-0.2, -0.15) is 0 Å². The molecule has 2 aromatic carbocycles. The second-order valence-electron chi connectivity index (χ2n) is 7.62. The Bertz CT molecular complexity index is 848. The van der Waals surface area contributed by atoms with Gasteiger partial charge in [0.15, 0.2) is 0 Å². The van der Waals surface area contributed by atoms with E-state index in [1.807, 2.05) is 23.1 Å². The van der Waals surface area contributed by atoms with E-state index in [1.54, 1.807) is 18.1 Å². The zero-order chi connectivity index (χ0) is 21.3. The first kappa shape index (κ1) is 21.8. The minimum atomic E-state index is -0.262. The molecule has 0 N–H and O–H groups in total. The van der Waals surface area contributed by atoms with Gasteiger partial charge in [0.25, 0.3) is 0 Å². The molecule has 1 fully saturated rings. The SMILES string of the molecule is C=CCN1CCN(C(=O)CCOC)C[C@@H](Cc2ccc(-c3ccccc3)cc2)C1=O. The van der Waals surface area contributed by atoms with Crippen LogP contribution in [0.2, 0.25) is 0 Å². The Balaban J connectivity index is 1.75. The van der Waals surface area contributed by atoms with E-state index >= 15 is 0 Å². The number of hydrogen-bond donors (Lipinski definition) is 0. The van der Waals surface area contributed by atoms with Crippen LogP contribution in [0.1, 0.15) is 12.0 Å². The third-order valence-electron chi connectivity index (χ3n) is 5.51. The van der Waals surface area contributed by atoms with E-state index in [9.17, 15) is 9.59 Å². The van der Waals surface area contributed by atoms with Crippen LogP contribution >= 0.6 is 0 Å². The summed E-state index contributed by atoms with van der Waals surface area (Å²) >= 11 is 0. The number of ether oxygens (including phenoxy) is 1. The molecule has 2 aromatic rings. The van der Waals surface area contributed by atoms with Gasteiger partial charge in [0.1, 0.15) is 0 Å². The number of hydrogen-bond acceptors (Lipinski definition) is 3. The highest BCUT2D eigenvalue weighted by Gasteiger charge is 2.31. The summed E-state index contributed by atoms with van der Waals surface area (Å²) in [5.41, 5.74) is 3.41. The third kappa shape index (κ3) is 5.57. The Morgan fingerprint density at radius 3 is 2.47 bits per heavy atom. The molecule has 1 aliphatic rings. The molecule has 1 atom stereocenters. The van der Waals surface area contributed by atoms with Crippen molar-refractivity contribution in [3.63, 3.8) is 0 Å². The summed E-state index contributed by atoms with van der Waals surface area (Å²) in [4.78, 5) is 29.3. The van der Waals surface area contributed by atoms with Crippen molar-refractivity contribution in [2.24, 2.45) is 5.92 Å². The second-order valence-corrected chi connectivity index (χ2v) is 7.62. The van der Waals surface area contributed by atoms with Crippen molar-refractivity contribution in [3.05, 3.63) is 72.8 Å². The normalized spacial score (nSPS) is 17.0. The van der Waals surface area contributed by atoms with E-state index in [-0.39, 0.29) is 17.7 Å². The lowest BCUT2D eigenvalue weighted by molar-refractivity contribution is -0.134. The lowest BCUT2D eigenvalue weighted by Gasteiger charge is -2.23. The van der Waals surface area contributed by atoms with Gasteiger partial charge in [-0.1, -0.05) is 60.7 Å². The highest BCUT2D eigenvalue weighted by Crippen LogP contribution is 2.22. The maximum absolute atomic E-state index is 13.1. The number of methoxy groups -OCH3 is 1. The molecule has 30 heavy (non-hydrogen) atoms. The molecular formula is C25H30N2O3. The molecule has 0 radical (unpaired) electrons. The average molecular weight is 407 g/mol. The van der Waals surface area contributed by atoms with Gasteiger partial charge in [-0.15, -0.1) is 6.58 Å². The van der Waals surface area contributed by atoms with Crippen LogP contribution in [0.25, 0.3) is 11.1 Å². The minimum Gasteiger partial charge on any atom is -0.384 e. The largest absolute Gasteiger partial charge is 0.384 e. The van der Waals surface area contributed by atoms with Crippen LogP contribution in [-0.4, -0.2) is 61.5 Å². The molecule has 158 valence electrons. The molecule has 1 heterocycles. The monoisotopic (exact) mass is 406 g/mol. The first-order chi connectivity index (χ1) is 14.6. The summed E-state index contributed by atoms with van der Waals surface area (Å²) in [5, 5.41) is 0. The molecular weight excluding hydrogens is 376 g/mol. The first-order valence-corrected chi connectivity index (χ1v) is 10.4. The summed E-state index contributed by atoms with van der Waals surface area (Å²) in [6.07, 6.45) is 2.69. The van der Waals surface area contributed by atoms with Gasteiger partial charge in [0, 0.05) is 33.3 Å². The molecule has 5 heteroatoms. The Hall–Kier alpha value is -2.92. The van der Waals surface area contributed by atoms with Gasteiger partial charge in [0.2, 0.25) is 11.8 Å². The topological polar surface area (TPSA) is 49.9 Å². The van der Waals surface area contributed by atoms with Gasteiger partial charge >= 0.3 is 0 Å². The fraction of sp³-hybridized carbons (Fsp3) is 0.360. The van der Waals surface area contributed by atoms with Crippen LogP contribution in [-0.2, 0) is 20.7 Å². The number of nitrogens with zero attached hydrogens (tertiary/aromatic N) is 2. The second kappa shape index (κ2) is 10.7. The smallest absolute Gasteiger partial charge is 0.228 e. The first-order valence-electron chi connectivity index (χ1n) is 10.4. The Morgan fingerprint density at radius 1 is 1.10 bits per heavy atom. The predicted molar refractivity (Wildman–Crippen MR) is 119 cm³/mol. The zero-order valence-corrected chi connectivity index (χ0v) is 17.6. The molecule has 0 saturated carbocycles. The van der Waals surface area contributed by atoms with Gasteiger partial charge in [0.05, 0.1) is 18.9 Å². The fourth-order valence-corrected chi connectivity index (χ4v) is 3.86. The van der Waals surface area contributed by atoms with Gasteiger partial charge in [-0.3, -0.25) is 9.59 Å². The van der Waals surface area contributed by atoms with E-state index < -0.39 is 0 Å². The Morgan fingerprint density at radius 2 is 1.80 bits per heavy atom. The van der Waals surface area contributed by atoms with Gasteiger partial charge in [-0.25, -0.2) is 0 Å². The van der Waals surface area contributed by atoms with Crippen molar-refractivity contribution in [3.8, 4) is 11.1 Å². The van der Waals surface area contributed by atoms with Crippen molar-refractivity contribution in [2.45, 2.75) is 12.8 Å². The third-order valence-corrected chi connectivity index (χ3v) is 5.51. The van der Waals surface area contributed by atoms with E-state index in [2.05, 4.69) is 43.0 Å². The molecule has 3 rings (SSSR count). The molecule has 5 nitrogen and oxygen atoms in total. The Kier molecular flexibility index (Phi) is 7.80. The molecule has 0 spiro atoms. The van der Waals surface area contributed by atoms with Crippen molar-refractivity contribution in [1.29, 1.82) is 0 Å². The quantitative estimate of drug-likeness (QED) is 0.632.